The molecule has 0 aliphatic heterocycles. The minimum atomic E-state index is 0. The van der Waals surface area contributed by atoms with E-state index < -0.39 is 0 Å². The largest absolute Gasteiger partial charge is 0.357 e. The summed E-state index contributed by atoms with van der Waals surface area (Å²) in [5.74, 6) is 0.935. The number of carbonyl (C=O) groups excluding carboxylic acids is 1. The van der Waals surface area contributed by atoms with Crippen LogP contribution in [0.25, 0.3) is 0 Å². The molecular weight excluding hydrogens is 391 g/mol. The van der Waals surface area contributed by atoms with Gasteiger partial charge in [0, 0.05) is 32.6 Å². The molecule has 3 N–H and O–H groups in total. The van der Waals surface area contributed by atoms with Crippen molar-refractivity contribution in [3.8, 4) is 0 Å². The summed E-state index contributed by atoms with van der Waals surface area (Å²) in [7, 11) is 0. The fourth-order valence-corrected chi connectivity index (χ4v) is 2.54. The molecule has 5 nitrogen and oxygen atoms in total. The molecule has 22 heavy (non-hydrogen) atoms. The number of nitrogens with zero attached hydrogens (tertiary/aromatic N) is 1. The SMILES string of the molecule is CCCNC(=O)CCNC(=NCC1(CC)CCC1)NCC.I. The van der Waals surface area contributed by atoms with Crippen LogP contribution in [0.15, 0.2) is 4.99 Å². The monoisotopic (exact) mass is 424 g/mol. The number of hydrogen-bond donors (Lipinski definition) is 3. The Hall–Kier alpha value is -0.530. The van der Waals surface area contributed by atoms with Crippen LogP contribution in [-0.4, -0.2) is 38.0 Å². The van der Waals surface area contributed by atoms with E-state index in [1.165, 1.54) is 25.7 Å². The Morgan fingerprint density at radius 1 is 1.09 bits per heavy atom. The molecule has 1 rings (SSSR count). The van der Waals surface area contributed by atoms with Gasteiger partial charge in [0.2, 0.25) is 5.91 Å². The van der Waals surface area contributed by atoms with Gasteiger partial charge in [0.15, 0.2) is 5.96 Å². The molecule has 0 atom stereocenters. The van der Waals surface area contributed by atoms with Gasteiger partial charge in [0.1, 0.15) is 0 Å². The van der Waals surface area contributed by atoms with E-state index in [9.17, 15) is 4.79 Å². The molecule has 0 bridgehead atoms. The second-order valence-electron chi connectivity index (χ2n) is 5.93. The van der Waals surface area contributed by atoms with E-state index in [2.05, 4.69) is 36.7 Å². The molecule has 0 aromatic rings. The van der Waals surface area contributed by atoms with Gasteiger partial charge >= 0.3 is 0 Å². The smallest absolute Gasteiger partial charge is 0.221 e. The number of halogens is 1. The van der Waals surface area contributed by atoms with E-state index in [1.807, 2.05) is 0 Å². The summed E-state index contributed by atoms with van der Waals surface area (Å²) in [6.07, 6.45) is 6.60. The Labute approximate surface area is 152 Å². The summed E-state index contributed by atoms with van der Waals surface area (Å²) >= 11 is 0. The maximum atomic E-state index is 11.5. The minimum Gasteiger partial charge on any atom is -0.357 e. The third-order valence-corrected chi connectivity index (χ3v) is 4.30. The quantitative estimate of drug-likeness (QED) is 0.303. The van der Waals surface area contributed by atoms with Crippen LogP contribution in [0.3, 0.4) is 0 Å². The van der Waals surface area contributed by atoms with Crippen molar-refractivity contribution in [2.45, 2.75) is 59.3 Å². The molecule has 0 aromatic carbocycles. The number of amides is 1. The van der Waals surface area contributed by atoms with Crippen LogP contribution in [0.2, 0.25) is 0 Å². The van der Waals surface area contributed by atoms with Crippen LogP contribution in [0.5, 0.6) is 0 Å². The zero-order valence-electron chi connectivity index (χ0n) is 14.3. The molecule has 130 valence electrons. The number of guanidine groups is 1. The maximum Gasteiger partial charge on any atom is 0.221 e. The van der Waals surface area contributed by atoms with E-state index in [0.29, 0.717) is 18.4 Å². The fraction of sp³-hybridized carbons (Fsp3) is 0.875. The highest BCUT2D eigenvalue weighted by atomic mass is 127. The summed E-state index contributed by atoms with van der Waals surface area (Å²) in [4.78, 5) is 16.2. The summed E-state index contributed by atoms with van der Waals surface area (Å²) in [5.41, 5.74) is 0.431. The van der Waals surface area contributed by atoms with Crippen molar-refractivity contribution >= 4 is 35.8 Å². The van der Waals surface area contributed by atoms with Gasteiger partial charge in [-0.05, 0) is 38.0 Å². The third kappa shape index (κ3) is 7.65. The second kappa shape index (κ2) is 12.0. The Balaban J connectivity index is 0.00000441. The molecule has 0 spiro atoms. The van der Waals surface area contributed by atoms with Gasteiger partial charge in [0.05, 0.1) is 0 Å². The molecule has 6 heteroatoms. The number of hydrogen-bond acceptors (Lipinski definition) is 2. The van der Waals surface area contributed by atoms with E-state index in [0.717, 1.165) is 32.0 Å². The minimum absolute atomic E-state index is 0. The molecule has 1 saturated carbocycles. The Kier molecular flexibility index (Phi) is 11.7. The van der Waals surface area contributed by atoms with E-state index in [-0.39, 0.29) is 29.9 Å². The molecule has 0 aromatic heterocycles. The maximum absolute atomic E-state index is 11.5. The first-order valence-corrected chi connectivity index (χ1v) is 8.44. The van der Waals surface area contributed by atoms with Crippen molar-refractivity contribution in [2.24, 2.45) is 10.4 Å². The van der Waals surface area contributed by atoms with Crippen molar-refractivity contribution in [1.82, 2.24) is 16.0 Å². The van der Waals surface area contributed by atoms with Crippen LogP contribution >= 0.6 is 24.0 Å². The lowest BCUT2D eigenvalue weighted by Gasteiger charge is -2.40. The van der Waals surface area contributed by atoms with Gasteiger partial charge in [-0.15, -0.1) is 24.0 Å². The summed E-state index contributed by atoms with van der Waals surface area (Å²) < 4.78 is 0. The predicted octanol–water partition coefficient (Wildman–Crippen LogP) is 2.66. The first-order chi connectivity index (χ1) is 10.2. The number of rotatable bonds is 9. The van der Waals surface area contributed by atoms with Gasteiger partial charge < -0.3 is 16.0 Å². The van der Waals surface area contributed by atoms with Gasteiger partial charge in [0.25, 0.3) is 0 Å². The van der Waals surface area contributed by atoms with Crippen LogP contribution < -0.4 is 16.0 Å². The number of carbonyl (C=O) groups is 1. The molecular formula is C16H33IN4O. The Bertz CT molecular complexity index is 338. The topological polar surface area (TPSA) is 65.5 Å². The average Bonchev–Trinajstić information content (AvgIpc) is 2.44. The van der Waals surface area contributed by atoms with Crippen LogP contribution in [0.4, 0.5) is 0 Å². The lowest BCUT2D eigenvalue weighted by atomic mass is 9.67. The molecule has 0 heterocycles. The van der Waals surface area contributed by atoms with Crippen molar-refractivity contribution in [1.29, 1.82) is 0 Å². The highest BCUT2D eigenvalue weighted by molar-refractivity contribution is 14.0. The van der Waals surface area contributed by atoms with Crippen molar-refractivity contribution in [3.05, 3.63) is 0 Å². The Morgan fingerprint density at radius 3 is 2.32 bits per heavy atom. The highest BCUT2D eigenvalue weighted by Gasteiger charge is 2.34. The predicted molar refractivity (Wildman–Crippen MR) is 104 cm³/mol. The van der Waals surface area contributed by atoms with Gasteiger partial charge in [-0.25, -0.2) is 0 Å². The lowest BCUT2D eigenvalue weighted by Crippen LogP contribution is -2.41. The van der Waals surface area contributed by atoms with E-state index >= 15 is 0 Å². The first kappa shape index (κ1) is 21.5. The Morgan fingerprint density at radius 2 is 1.82 bits per heavy atom. The third-order valence-electron chi connectivity index (χ3n) is 4.30. The summed E-state index contributed by atoms with van der Waals surface area (Å²) in [6, 6.07) is 0. The molecule has 1 aliphatic carbocycles. The van der Waals surface area contributed by atoms with Gasteiger partial charge in [-0.2, -0.15) is 0 Å². The van der Waals surface area contributed by atoms with Gasteiger partial charge in [-0.1, -0.05) is 20.3 Å². The number of aliphatic imine (C=N–C) groups is 1. The van der Waals surface area contributed by atoms with E-state index in [1.54, 1.807) is 0 Å². The van der Waals surface area contributed by atoms with Crippen molar-refractivity contribution in [3.63, 3.8) is 0 Å². The normalized spacial score (nSPS) is 16.2. The lowest BCUT2D eigenvalue weighted by molar-refractivity contribution is -0.120. The highest BCUT2D eigenvalue weighted by Crippen LogP contribution is 2.43. The fourth-order valence-electron chi connectivity index (χ4n) is 2.54. The van der Waals surface area contributed by atoms with Gasteiger partial charge in [-0.3, -0.25) is 9.79 Å². The number of nitrogens with one attached hydrogen (secondary N) is 3. The molecule has 0 radical (unpaired) electrons. The molecule has 1 aliphatic rings. The average molecular weight is 424 g/mol. The van der Waals surface area contributed by atoms with Crippen molar-refractivity contribution < 1.29 is 4.79 Å². The van der Waals surface area contributed by atoms with Crippen LogP contribution in [0.1, 0.15) is 59.3 Å². The second-order valence-corrected chi connectivity index (χ2v) is 5.93. The van der Waals surface area contributed by atoms with Crippen LogP contribution in [0, 0.1) is 5.41 Å². The van der Waals surface area contributed by atoms with Crippen molar-refractivity contribution in [2.75, 3.05) is 26.2 Å². The molecule has 1 amide bonds. The van der Waals surface area contributed by atoms with Crippen LogP contribution in [-0.2, 0) is 4.79 Å². The zero-order valence-corrected chi connectivity index (χ0v) is 16.7. The molecule has 0 saturated heterocycles. The molecule has 1 fully saturated rings. The molecule has 0 unspecified atom stereocenters. The summed E-state index contributed by atoms with van der Waals surface area (Å²) in [5, 5.41) is 9.38. The summed E-state index contributed by atoms with van der Waals surface area (Å²) in [6.45, 7) is 9.48. The standard InChI is InChI=1S/C16H32N4O.HI/c1-4-11-18-14(21)8-12-19-15(17-6-3)20-13-16(5-2)9-7-10-16;/h4-13H2,1-3H3,(H,18,21)(H2,17,19,20);1H. The van der Waals surface area contributed by atoms with E-state index in [4.69, 9.17) is 4.99 Å². The zero-order chi connectivity index (χ0) is 15.6. The first-order valence-electron chi connectivity index (χ1n) is 8.44.